The lowest BCUT2D eigenvalue weighted by atomic mass is 9.88. The van der Waals surface area contributed by atoms with Gasteiger partial charge in [-0.15, -0.1) is 0 Å². The average molecular weight is 305 g/mol. The molecule has 1 unspecified atom stereocenters. The lowest BCUT2D eigenvalue weighted by Gasteiger charge is -2.23. The first-order chi connectivity index (χ1) is 10.5. The van der Waals surface area contributed by atoms with Crippen molar-refractivity contribution in [2.24, 2.45) is 5.41 Å². The molecule has 22 heavy (non-hydrogen) atoms. The topological polar surface area (TPSA) is 66.8 Å². The van der Waals surface area contributed by atoms with Crippen LogP contribution in [-0.4, -0.2) is 48.7 Å². The Hall–Kier alpha value is -1.88. The number of methoxy groups -OCH3 is 1. The number of carboxylic acid groups (broad SMARTS) is 1. The summed E-state index contributed by atoms with van der Waals surface area (Å²) in [6.45, 7) is 2.90. The normalized spacial score (nSPS) is 21.1. The molecule has 0 aliphatic carbocycles. The Morgan fingerprint density at radius 1 is 1.36 bits per heavy atom. The van der Waals surface area contributed by atoms with Crippen LogP contribution in [0.2, 0.25) is 0 Å². The summed E-state index contributed by atoms with van der Waals surface area (Å²) in [5.74, 6) is -0.869. The molecule has 1 amide bonds. The van der Waals surface area contributed by atoms with Gasteiger partial charge in [0.2, 0.25) is 5.91 Å². The van der Waals surface area contributed by atoms with Crippen LogP contribution in [0.15, 0.2) is 24.3 Å². The van der Waals surface area contributed by atoms with Crippen molar-refractivity contribution in [3.8, 4) is 0 Å². The van der Waals surface area contributed by atoms with Crippen molar-refractivity contribution in [2.45, 2.75) is 26.2 Å². The molecule has 1 aromatic rings. The van der Waals surface area contributed by atoms with E-state index in [1.165, 1.54) is 12.7 Å². The Bertz CT molecular complexity index is 557. The van der Waals surface area contributed by atoms with Gasteiger partial charge in [0.25, 0.3) is 0 Å². The number of hydrogen-bond donors (Lipinski definition) is 1. The highest BCUT2D eigenvalue weighted by Crippen LogP contribution is 2.31. The number of carbonyl (C=O) groups is 2. The van der Waals surface area contributed by atoms with Gasteiger partial charge in [-0.1, -0.05) is 24.3 Å². The summed E-state index contributed by atoms with van der Waals surface area (Å²) in [7, 11) is 1.49. The predicted octanol–water partition coefficient (Wildman–Crippen LogP) is 1.88. The van der Waals surface area contributed by atoms with E-state index in [4.69, 9.17) is 4.74 Å². The van der Waals surface area contributed by atoms with Gasteiger partial charge in [-0.25, -0.2) is 0 Å². The van der Waals surface area contributed by atoms with E-state index in [9.17, 15) is 14.7 Å². The number of carboxylic acids is 1. The van der Waals surface area contributed by atoms with Crippen LogP contribution in [0.1, 0.15) is 24.0 Å². The number of carbonyl (C=O) groups excluding carboxylic acids is 1. The van der Waals surface area contributed by atoms with Crippen molar-refractivity contribution in [3.05, 3.63) is 35.4 Å². The van der Waals surface area contributed by atoms with Crippen molar-refractivity contribution in [3.63, 3.8) is 0 Å². The lowest BCUT2D eigenvalue weighted by Crippen LogP contribution is -2.40. The molecule has 1 N–H and O–H groups in total. The quantitative estimate of drug-likeness (QED) is 0.871. The van der Waals surface area contributed by atoms with Gasteiger partial charge < -0.3 is 14.7 Å². The molecule has 1 fully saturated rings. The molecule has 0 saturated carbocycles. The SMILES string of the molecule is COCC1(C(=O)O)CCN(C(=O)CCc2ccccc2C)C1. The van der Waals surface area contributed by atoms with Gasteiger partial charge >= 0.3 is 5.97 Å². The molecule has 5 nitrogen and oxygen atoms in total. The third kappa shape index (κ3) is 3.47. The fourth-order valence-electron chi connectivity index (χ4n) is 3.01. The molecular formula is C17H23NO4. The highest BCUT2D eigenvalue weighted by Gasteiger charge is 2.46. The van der Waals surface area contributed by atoms with E-state index >= 15 is 0 Å². The first-order valence-electron chi connectivity index (χ1n) is 7.53. The summed E-state index contributed by atoms with van der Waals surface area (Å²) in [5.41, 5.74) is 1.39. The smallest absolute Gasteiger partial charge is 0.313 e. The predicted molar refractivity (Wildman–Crippen MR) is 82.6 cm³/mol. The van der Waals surface area contributed by atoms with Gasteiger partial charge in [-0.3, -0.25) is 9.59 Å². The Labute approximate surface area is 130 Å². The molecule has 1 aliphatic heterocycles. The van der Waals surface area contributed by atoms with Crippen molar-refractivity contribution < 1.29 is 19.4 Å². The summed E-state index contributed by atoms with van der Waals surface area (Å²) in [4.78, 5) is 25.5. The number of aryl methyl sites for hydroxylation is 2. The Morgan fingerprint density at radius 3 is 2.73 bits per heavy atom. The van der Waals surface area contributed by atoms with Crippen LogP contribution in [0.5, 0.6) is 0 Å². The van der Waals surface area contributed by atoms with Crippen LogP contribution in [0, 0.1) is 12.3 Å². The van der Waals surface area contributed by atoms with Gasteiger partial charge in [0, 0.05) is 26.6 Å². The van der Waals surface area contributed by atoms with Gasteiger partial charge in [0.05, 0.1) is 6.61 Å². The summed E-state index contributed by atoms with van der Waals surface area (Å²) >= 11 is 0. The molecule has 0 radical (unpaired) electrons. The van der Waals surface area contributed by atoms with E-state index in [-0.39, 0.29) is 19.1 Å². The van der Waals surface area contributed by atoms with E-state index in [0.717, 1.165) is 5.56 Å². The zero-order valence-corrected chi connectivity index (χ0v) is 13.2. The van der Waals surface area contributed by atoms with Crippen LogP contribution in [0.3, 0.4) is 0 Å². The standard InChI is InChI=1S/C17H23NO4/c1-13-5-3-4-6-14(13)7-8-15(19)18-10-9-17(11-18,12-22-2)16(20)21/h3-6H,7-12H2,1-2H3,(H,20,21). The van der Waals surface area contributed by atoms with Crippen molar-refractivity contribution in [2.75, 3.05) is 26.8 Å². The Kier molecular flexibility index (Phi) is 5.19. The van der Waals surface area contributed by atoms with Crippen molar-refractivity contribution in [1.29, 1.82) is 0 Å². The highest BCUT2D eigenvalue weighted by molar-refractivity contribution is 5.81. The molecule has 1 aliphatic rings. The first-order valence-corrected chi connectivity index (χ1v) is 7.53. The Balaban J connectivity index is 1.94. The van der Waals surface area contributed by atoms with Crippen molar-refractivity contribution in [1.82, 2.24) is 4.90 Å². The van der Waals surface area contributed by atoms with E-state index in [0.29, 0.717) is 25.8 Å². The zero-order chi connectivity index (χ0) is 16.2. The summed E-state index contributed by atoms with van der Waals surface area (Å²) in [6.07, 6.45) is 1.55. The van der Waals surface area contributed by atoms with Crippen LogP contribution in [0.25, 0.3) is 0 Å². The number of amides is 1. The van der Waals surface area contributed by atoms with E-state index < -0.39 is 11.4 Å². The molecule has 120 valence electrons. The third-order valence-electron chi connectivity index (χ3n) is 4.45. The van der Waals surface area contributed by atoms with E-state index in [1.54, 1.807) is 4.90 Å². The first kappa shape index (κ1) is 16.5. The number of rotatable bonds is 6. The Morgan fingerprint density at radius 2 is 2.09 bits per heavy atom. The number of benzene rings is 1. The van der Waals surface area contributed by atoms with E-state index in [1.807, 2.05) is 31.2 Å². The minimum Gasteiger partial charge on any atom is -0.481 e. The maximum Gasteiger partial charge on any atom is 0.313 e. The minimum atomic E-state index is -0.951. The van der Waals surface area contributed by atoms with Crippen LogP contribution in [0.4, 0.5) is 0 Å². The third-order valence-corrected chi connectivity index (χ3v) is 4.45. The number of likely N-dealkylation sites (tertiary alicyclic amines) is 1. The number of ether oxygens (including phenoxy) is 1. The largest absolute Gasteiger partial charge is 0.481 e. The molecule has 0 bridgehead atoms. The van der Waals surface area contributed by atoms with Gasteiger partial charge in [0.1, 0.15) is 5.41 Å². The molecule has 5 heteroatoms. The van der Waals surface area contributed by atoms with Crippen molar-refractivity contribution >= 4 is 11.9 Å². The maximum atomic E-state index is 12.3. The zero-order valence-electron chi connectivity index (χ0n) is 13.2. The highest BCUT2D eigenvalue weighted by atomic mass is 16.5. The monoisotopic (exact) mass is 305 g/mol. The molecular weight excluding hydrogens is 282 g/mol. The van der Waals surface area contributed by atoms with Gasteiger partial charge in [-0.2, -0.15) is 0 Å². The molecule has 2 rings (SSSR count). The molecule has 1 atom stereocenters. The number of aliphatic carboxylic acids is 1. The molecule has 0 aromatic heterocycles. The molecule has 1 aromatic carbocycles. The average Bonchev–Trinajstić information content (AvgIpc) is 2.92. The number of hydrogen-bond acceptors (Lipinski definition) is 3. The second-order valence-electron chi connectivity index (χ2n) is 6.01. The fraction of sp³-hybridized carbons (Fsp3) is 0.529. The minimum absolute atomic E-state index is 0.0162. The lowest BCUT2D eigenvalue weighted by molar-refractivity contribution is -0.151. The fourth-order valence-corrected chi connectivity index (χ4v) is 3.01. The molecule has 1 saturated heterocycles. The maximum absolute atomic E-state index is 12.3. The van der Waals surface area contributed by atoms with Gasteiger partial charge in [0.15, 0.2) is 0 Å². The van der Waals surface area contributed by atoms with Crippen LogP contribution in [-0.2, 0) is 20.7 Å². The summed E-state index contributed by atoms with van der Waals surface area (Å²) in [6, 6.07) is 8.01. The van der Waals surface area contributed by atoms with Gasteiger partial charge in [-0.05, 0) is 30.9 Å². The molecule has 1 heterocycles. The second-order valence-corrected chi connectivity index (χ2v) is 6.01. The van der Waals surface area contributed by atoms with Crippen LogP contribution < -0.4 is 0 Å². The summed E-state index contributed by atoms with van der Waals surface area (Å²) < 4.78 is 5.04. The summed E-state index contributed by atoms with van der Waals surface area (Å²) in [5, 5.41) is 9.42. The second kappa shape index (κ2) is 6.92. The molecule has 0 spiro atoms. The van der Waals surface area contributed by atoms with E-state index in [2.05, 4.69) is 0 Å². The number of nitrogens with zero attached hydrogens (tertiary/aromatic N) is 1. The van der Waals surface area contributed by atoms with Crippen LogP contribution >= 0.6 is 0 Å².